The van der Waals surface area contributed by atoms with Crippen LogP contribution in [0.2, 0.25) is 0 Å². The summed E-state index contributed by atoms with van der Waals surface area (Å²) in [6.07, 6.45) is 3.77. The Kier molecular flexibility index (Phi) is 4.03. The van der Waals surface area contributed by atoms with E-state index in [1.807, 2.05) is 77.6 Å². The summed E-state index contributed by atoms with van der Waals surface area (Å²) in [5.41, 5.74) is 3.12. The number of fused-ring (bicyclic) bond motifs is 1. The van der Waals surface area contributed by atoms with E-state index >= 15 is 0 Å². The molecule has 1 amide bonds. The summed E-state index contributed by atoms with van der Waals surface area (Å²) in [4.78, 5) is 23.6. The maximum Gasteiger partial charge on any atom is 0.278 e. The van der Waals surface area contributed by atoms with Crippen molar-refractivity contribution in [1.29, 1.82) is 0 Å². The van der Waals surface area contributed by atoms with Crippen molar-refractivity contribution in [3.63, 3.8) is 0 Å². The second kappa shape index (κ2) is 6.49. The Labute approximate surface area is 149 Å². The number of imidazole rings is 1. The van der Waals surface area contributed by atoms with Crippen molar-refractivity contribution >= 4 is 28.6 Å². The minimum absolute atomic E-state index is 0.110. The van der Waals surface area contributed by atoms with Crippen LogP contribution in [0.1, 0.15) is 21.2 Å². The molecule has 6 heteroatoms. The normalized spacial score (nSPS) is 10.9. The molecule has 0 aliphatic rings. The number of carbonyl (C=O) groups excluding carboxylic acids is 1. The van der Waals surface area contributed by atoms with E-state index in [2.05, 4.69) is 9.97 Å². The Morgan fingerprint density at radius 2 is 1.96 bits per heavy atom. The predicted molar refractivity (Wildman–Crippen MR) is 99.0 cm³/mol. The molecule has 4 rings (SSSR count). The van der Waals surface area contributed by atoms with Gasteiger partial charge in [-0.2, -0.15) is 0 Å². The largest absolute Gasteiger partial charge is 0.302 e. The minimum atomic E-state index is -0.110. The number of thiazole rings is 1. The number of hydrogen-bond acceptors (Lipinski definition) is 4. The van der Waals surface area contributed by atoms with Gasteiger partial charge in [0, 0.05) is 17.3 Å². The van der Waals surface area contributed by atoms with Gasteiger partial charge >= 0.3 is 0 Å². The van der Waals surface area contributed by atoms with Gasteiger partial charge in [0.1, 0.15) is 11.3 Å². The fourth-order valence-electron chi connectivity index (χ4n) is 2.75. The number of hydrogen-bond donors (Lipinski definition) is 0. The standard InChI is InChI=1S/C19H16N4OS/c1-14-21-17(13-25-14)19(24)23(15-7-3-2-4-8-15)12-16-11-20-18-9-5-6-10-22(16)18/h2-11,13H,12H2,1H3. The summed E-state index contributed by atoms with van der Waals surface area (Å²) < 4.78 is 2.00. The minimum Gasteiger partial charge on any atom is -0.302 e. The molecule has 5 nitrogen and oxygen atoms in total. The highest BCUT2D eigenvalue weighted by Gasteiger charge is 2.21. The topological polar surface area (TPSA) is 50.5 Å². The van der Waals surface area contributed by atoms with Gasteiger partial charge in [-0.3, -0.25) is 4.79 Å². The van der Waals surface area contributed by atoms with Gasteiger partial charge in [-0.25, -0.2) is 9.97 Å². The third kappa shape index (κ3) is 3.04. The van der Waals surface area contributed by atoms with Crippen LogP contribution in [-0.2, 0) is 6.54 Å². The van der Waals surface area contributed by atoms with Crippen molar-refractivity contribution in [3.8, 4) is 0 Å². The molecular weight excluding hydrogens is 332 g/mol. The van der Waals surface area contributed by atoms with Crippen molar-refractivity contribution in [1.82, 2.24) is 14.4 Å². The van der Waals surface area contributed by atoms with E-state index < -0.39 is 0 Å². The van der Waals surface area contributed by atoms with E-state index in [1.54, 1.807) is 4.90 Å². The molecule has 0 bridgehead atoms. The highest BCUT2D eigenvalue weighted by atomic mass is 32.1. The summed E-state index contributed by atoms with van der Waals surface area (Å²) in [5.74, 6) is -0.110. The fraction of sp³-hybridized carbons (Fsp3) is 0.105. The molecule has 1 aromatic carbocycles. The molecule has 3 aromatic heterocycles. The highest BCUT2D eigenvalue weighted by Crippen LogP contribution is 2.21. The number of aryl methyl sites for hydroxylation is 1. The van der Waals surface area contributed by atoms with Gasteiger partial charge in [-0.15, -0.1) is 11.3 Å². The van der Waals surface area contributed by atoms with Crippen LogP contribution in [-0.4, -0.2) is 20.3 Å². The molecule has 25 heavy (non-hydrogen) atoms. The first kappa shape index (κ1) is 15.5. The second-order valence-electron chi connectivity index (χ2n) is 5.66. The number of amides is 1. The molecular formula is C19H16N4OS. The average Bonchev–Trinajstić information content (AvgIpc) is 3.26. The molecule has 3 heterocycles. The Morgan fingerprint density at radius 1 is 1.16 bits per heavy atom. The lowest BCUT2D eigenvalue weighted by Crippen LogP contribution is -2.31. The van der Waals surface area contributed by atoms with Gasteiger partial charge in [0.15, 0.2) is 0 Å². The molecule has 0 saturated heterocycles. The number of aromatic nitrogens is 3. The smallest absolute Gasteiger partial charge is 0.278 e. The molecule has 0 unspecified atom stereocenters. The first-order chi connectivity index (χ1) is 12.2. The lowest BCUT2D eigenvalue weighted by atomic mass is 10.2. The van der Waals surface area contributed by atoms with Crippen molar-refractivity contribution in [3.05, 3.63) is 82.7 Å². The number of carbonyl (C=O) groups is 1. The van der Waals surface area contributed by atoms with E-state index in [-0.39, 0.29) is 5.91 Å². The van der Waals surface area contributed by atoms with E-state index in [1.165, 1.54) is 11.3 Å². The number of pyridine rings is 1. The Balaban J connectivity index is 1.74. The Morgan fingerprint density at radius 3 is 2.72 bits per heavy atom. The van der Waals surface area contributed by atoms with E-state index in [9.17, 15) is 4.79 Å². The van der Waals surface area contributed by atoms with Crippen molar-refractivity contribution in [2.45, 2.75) is 13.5 Å². The zero-order chi connectivity index (χ0) is 17.2. The summed E-state index contributed by atoms with van der Waals surface area (Å²) >= 11 is 1.48. The first-order valence-corrected chi connectivity index (χ1v) is 8.80. The third-order valence-electron chi connectivity index (χ3n) is 3.96. The molecule has 124 valence electrons. The van der Waals surface area contributed by atoms with Crippen LogP contribution in [0.4, 0.5) is 5.69 Å². The quantitative estimate of drug-likeness (QED) is 0.561. The SMILES string of the molecule is Cc1nc(C(=O)N(Cc2cnc3ccccn23)c2ccccc2)cs1. The van der Waals surface area contributed by atoms with Gasteiger partial charge in [0.25, 0.3) is 5.91 Å². The van der Waals surface area contributed by atoms with E-state index in [0.717, 1.165) is 22.0 Å². The van der Waals surface area contributed by atoms with Crippen LogP contribution in [0, 0.1) is 6.92 Å². The maximum absolute atomic E-state index is 13.1. The van der Waals surface area contributed by atoms with Crippen LogP contribution in [0.25, 0.3) is 5.65 Å². The number of para-hydroxylation sites is 1. The Bertz CT molecular complexity index is 1020. The lowest BCUT2D eigenvalue weighted by molar-refractivity contribution is 0.0980. The maximum atomic E-state index is 13.1. The first-order valence-electron chi connectivity index (χ1n) is 7.92. The molecule has 0 fully saturated rings. The average molecular weight is 348 g/mol. The van der Waals surface area contributed by atoms with Gasteiger partial charge in [-0.1, -0.05) is 24.3 Å². The number of benzene rings is 1. The fourth-order valence-corrected chi connectivity index (χ4v) is 3.34. The van der Waals surface area contributed by atoms with E-state index in [0.29, 0.717) is 12.2 Å². The molecule has 0 radical (unpaired) electrons. The summed E-state index contributed by atoms with van der Waals surface area (Å²) in [6.45, 7) is 2.32. The molecule has 0 spiro atoms. The molecule has 0 aliphatic carbocycles. The predicted octanol–water partition coefficient (Wildman–Crippen LogP) is 3.95. The lowest BCUT2D eigenvalue weighted by Gasteiger charge is -2.21. The zero-order valence-corrected chi connectivity index (χ0v) is 14.5. The molecule has 0 aliphatic heterocycles. The van der Waals surface area contributed by atoms with Crippen LogP contribution < -0.4 is 4.90 Å². The zero-order valence-electron chi connectivity index (χ0n) is 13.7. The summed E-state index contributed by atoms with van der Waals surface area (Å²) in [7, 11) is 0. The second-order valence-corrected chi connectivity index (χ2v) is 6.72. The highest BCUT2D eigenvalue weighted by molar-refractivity contribution is 7.09. The molecule has 0 atom stereocenters. The van der Waals surface area contributed by atoms with Gasteiger partial charge in [0.05, 0.1) is 23.4 Å². The molecule has 0 N–H and O–H groups in total. The van der Waals surface area contributed by atoms with Gasteiger partial charge in [-0.05, 0) is 31.2 Å². The van der Waals surface area contributed by atoms with Crippen LogP contribution in [0.15, 0.2) is 66.3 Å². The molecule has 0 saturated carbocycles. The monoisotopic (exact) mass is 348 g/mol. The van der Waals surface area contributed by atoms with Gasteiger partial charge in [0.2, 0.25) is 0 Å². The van der Waals surface area contributed by atoms with Crippen LogP contribution >= 0.6 is 11.3 Å². The van der Waals surface area contributed by atoms with Crippen LogP contribution in [0.5, 0.6) is 0 Å². The summed E-state index contributed by atoms with van der Waals surface area (Å²) in [5, 5.41) is 2.69. The van der Waals surface area contributed by atoms with E-state index in [4.69, 9.17) is 0 Å². The van der Waals surface area contributed by atoms with Crippen molar-refractivity contribution < 1.29 is 4.79 Å². The number of nitrogens with zero attached hydrogens (tertiary/aromatic N) is 4. The molecule has 4 aromatic rings. The summed E-state index contributed by atoms with van der Waals surface area (Å²) in [6, 6.07) is 15.5. The number of anilines is 1. The van der Waals surface area contributed by atoms with Crippen molar-refractivity contribution in [2.24, 2.45) is 0 Å². The van der Waals surface area contributed by atoms with Crippen molar-refractivity contribution in [2.75, 3.05) is 4.90 Å². The third-order valence-corrected chi connectivity index (χ3v) is 4.74. The van der Waals surface area contributed by atoms with Gasteiger partial charge < -0.3 is 9.30 Å². The Hall–Kier alpha value is -2.99. The van der Waals surface area contributed by atoms with Crippen LogP contribution in [0.3, 0.4) is 0 Å². The number of rotatable bonds is 4.